The lowest BCUT2D eigenvalue weighted by Crippen LogP contribution is -2.52. The molecule has 100 valence electrons. The van der Waals surface area contributed by atoms with E-state index in [0.717, 1.165) is 24.1 Å². The van der Waals surface area contributed by atoms with Crippen LogP contribution in [0, 0.1) is 6.92 Å². The molecule has 0 aromatic heterocycles. The van der Waals surface area contributed by atoms with Gasteiger partial charge in [-0.3, -0.25) is 4.90 Å². The molecule has 0 radical (unpaired) electrons. The van der Waals surface area contributed by atoms with Crippen LogP contribution in [0.3, 0.4) is 0 Å². The summed E-state index contributed by atoms with van der Waals surface area (Å²) in [5, 5.41) is 0.730. The van der Waals surface area contributed by atoms with Crippen molar-refractivity contribution in [3.8, 4) is 0 Å². The number of benzene rings is 1. The van der Waals surface area contributed by atoms with Crippen molar-refractivity contribution in [2.75, 3.05) is 19.3 Å². The highest BCUT2D eigenvalue weighted by Crippen LogP contribution is 2.38. The van der Waals surface area contributed by atoms with E-state index in [4.69, 9.17) is 5.73 Å². The number of likely N-dealkylation sites (N-methyl/N-ethyl adjacent to an activating group) is 1. The third-order valence-corrected chi connectivity index (χ3v) is 5.60. The smallest absolute Gasteiger partial charge is 0.0432 e. The number of thioether (sulfide) groups is 1. The Morgan fingerprint density at radius 1 is 1.44 bits per heavy atom. The molecule has 2 nitrogen and oxygen atoms in total. The van der Waals surface area contributed by atoms with Gasteiger partial charge in [0.1, 0.15) is 0 Å². The zero-order chi connectivity index (χ0) is 13.2. The Labute approximate surface area is 115 Å². The van der Waals surface area contributed by atoms with Crippen LogP contribution in [0.4, 0.5) is 0 Å². The van der Waals surface area contributed by atoms with Gasteiger partial charge in [-0.25, -0.2) is 0 Å². The van der Waals surface area contributed by atoms with Crippen molar-refractivity contribution in [3.63, 3.8) is 0 Å². The lowest BCUT2D eigenvalue weighted by atomic mass is 9.93. The van der Waals surface area contributed by atoms with Gasteiger partial charge in [0.2, 0.25) is 0 Å². The van der Waals surface area contributed by atoms with Crippen molar-refractivity contribution in [1.29, 1.82) is 0 Å². The summed E-state index contributed by atoms with van der Waals surface area (Å²) in [5.41, 5.74) is 9.04. The molecule has 18 heavy (non-hydrogen) atoms. The Bertz CT molecular complexity index is 407. The number of hydrogen-bond acceptors (Lipinski definition) is 3. The highest BCUT2D eigenvalue weighted by Gasteiger charge is 2.40. The van der Waals surface area contributed by atoms with Crippen molar-refractivity contribution >= 4 is 11.8 Å². The van der Waals surface area contributed by atoms with E-state index in [2.05, 4.69) is 61.8 Å². The van der Waals surface area contributed by atoms with E-state index in [9.17, 15) is 0 Å². The molecule has 0 saturated carbocycles. The summed E-state index contributed by atoms with van der Waals surface area (Å²) in [5.74, 6) is 1.16. The van der Waals surface area contributed by atoms with Gasteiger partial charge in [0, 0.05) is 29.6 Å². The number of rotatable bonds is 4. The van der Waals surface area contributed by atoms with E-state index in [1.807, 2.05) is 0 Å². The van der Waals surface area contributed by atoms with Crippen LogP contribution in [0.25, 0.3) is 0 Å². The van der Waals surface area contributed by atoms with Crippen LogP contribution in [-0.4, -0.2) is 35.0 Å². The van der Waals surface area contributed by atoms with Gasteiger partial charge in [0.25, 0.3) is 0 Å². The SMILES string of the molecule is Cc1ccccc1CN(C)C1(CN)CSC(C)C1. The molecule has 2 atom stereocenters. The molecule has 2 rings (SSSR count). The molecule has 0 bridgehead atoms. The maximum absolute atomic E-state index is 6.07. The molecule has 3 heteroatoms. The molecule has 0 spiro atoms. The summed E-state index contributed by atoms with van der Waals surface area (Å²) in [6.45, 7) is 6.25. The fraction of sp³-hybridized carbons (Fsp3) is 0.600. The summed E-state index contributed by atoms with van der Waals surface area (Å²) in [4.78, 5) is 2.46. The van der Waals surface area contributed by atoms with Gasteiger partial charge < -0.3 is 5.73 Å². The van der Waals surface area contributed by atoms with Gasteiger partial charge in [0.15, 0.2) is 0 Å². The van der Waals surface area contributed by atoms with E-state index >= 15 is 0 Å². The van der Waals surface area contributed by atoms with Crippen LogP contribution < -0.4 is 5.73 Å². The molecule has 0 amide bonds. The lowest BCUT2D eigenvalue weighted by Gasteiger charge is -2.38. The highest BCUT2D eigenvalue weighted by atomic mass is 32.2. The molecule has 1 aliphatic heterocycles. The van der Waals surface area contributed by atoms with Crippen molar-refractivity contribution in [2.24, 2.45) is 5.73 Å². The van der Waals surface area contributed by atoms with Crippen molar-refractivity contribution in [1.82, 2.24) is 4.90 Å². The molecule has 1 heterocycles. The zero-order valence-corrected chi connectivity index (χ0v) is 12.5. The van der Waals surface area contributed by atoms with Crippen LogP contribution in [0.5, 0.6) is 0 Å². The molecule has 1 fully saturated rings. The standard InChI is InChI=1S/C15H24N2S/c1-12-6-4-5-7-14(12)9-17(3)15(10-16)8-13(2)18-11-15/h4-7,13H,8-11,16H2,1-3H3. The van der Waals surface area contributed by atoms with Gasteiger partial charge in [-0.05, 0) is 31.5 Å². The molecule has 1 saturated heterocycles. The number of nitrogens with zero attached hydrogens (tertiary/aromatic N) is 1. The average Bonchev–Trinajstić information content (AvgIpc) is 2.75. The van der Waals surface area contributed by atoms with Gasteiger partial charge in [-0.15, -0.1) is 0 Å². The molecular weight excluding hydrogens is 240 g/mol. The first-order valence-corrected chi connectivity index (χ1v) is 7.70. The van der Waals surface area contributed by atoms with E-state index in [1.54, 1.807) is 0 Å². The Hall–Kier alpha value is -0.510. The van der Waals surface area contributed by atoms with Crippen molar-refractivity contribution in [3.05, 3.63) is 35.4 Å². The van der Waals surface area contributed by atoms with Gasteiger partial charge in [-0.1, -0.05) is 31.2 Å². The fourth-order valence-corrected chi connectivity index (χ4v) is 4.20. The minimum absolute atomic E-state index is 0.187. The summed E-state index contributed by atoms with van der Waals surface area (Å²) >= 11 is 2.05. The molecule has 1 aromatic carbocycles. The Morgan fingerprint density at radius 2 is 2.17 bits per heavy atom. The third-order valence-electron chi connectivity index (χ3n) is 4.16. The molecule has 2 N–H and O–H groups in total. The normalized spacial score (nSPS) is 27.9. The van der Waals surface area contributed by atoms with Crippen LogP contribution >= 0.6 is 11.8 Å². The van der Waals surface area contributed by atoms with Gasteiger partial charge in [-0.2, -0.15) is 11.8 Å². The van der Waals surface area contributed by atoms with Crippen LogP contribution in [-0.2, 0) is 6.54 Å². The molecule has 0 aliphatic carbocycles. The van der Waals surface area contributed by atoms with E-state index < -0.39 is 0 Å². The first-order valence-electron chi connectivity index (χ1n) is 6.65. The predicted molar refractivity (Wildman–Crippen MR) is 81.0 cm³/mol. The summed E-state index contributed by atoms with van der Waals surface area (Å²) in [7, 11) is 2.22. The molecule has 1 aliphatic rings. The van der Waals surface area contributed by atoms with E-state index in [0.29, 0.717) is 0 Å². The van der Waals surface area contributed by atoms with Gasteiger partial charge in [0.05, 0.1) is 0 Å². The minimum atomic E-state index is 0.187. The average molecular weight is 264 g/mol. The number of nitrogens with two attached hydrogens (primary N) is 1. The maximum atomic E-state index is 6.07. The van der Waals surface area contributed by atoms with Crippen LogP contribution in [0.15, 0.2) is 24.3 Å². The van der Waals surface area contributed by atoms with Crippen LogP contribution in [0.1, 0.15) is 24.5 Å². The summed E-state index contributed by atoms with van der Waals surface area (Å²) in [6, 6.07) is 8.63. The largest absolute Gasteiger partial charge is 0.329 e. The van der Waals surface area contributed by atoms with Crippen molar-refractivity contribution in [2.45, 2.75) is 37.6 Å². The predicted octanol–water partition coefficient (Wildman–Crippen LogP) is 2.65. The Kier molecular flexibility index (Phi) is 4.36. The highest BCUT2D eigenvalue weighted by molar-refractivity contribution is 8.00. The van der Waals surface area contributed by atoms with Crippen molar-refractivity contribution < 1.29 is 0 Å². The summed E-state index contributed by atoms with van der Waals surface area (Å²) in [6.07, 6.45) is 1.20. The van der Waals surface area contributed by atoms with E-state index in [1.165, 1.54) is 17.5 Å². The molecular formula is C15H24N2S. The first kappa shape index (κ1) is 13.9. The quantitative estimate of drug-likeness (QED) is 0.906. The Balaban J connectivity index is 2.11. The number of hydrogen-bond donors (Lipinski definition) is 1. The maximum Gasteiger partial charge on any atom is 0.0432 e. The van der Waals surface area contributed by atoms with Crippen LogP contribution in [0.2, 0.25) is 0 Å². The first-order chi connectivity index (χ1) is 8.57. The van der Waals surface area contributed by atoms with E-state index in [-0.39, 0.29) is 5.54 Å². The lowest BCUT2D eigenvalue weighted by molar-refractivity contribution is 0.138. The molecule has 2 unspecified atom stereocenters. The minimum Gasteiger partial charge on any atom is -0.329 e. The molecule has 1 aromatic rings. The third kappa shape index (κ3) is 2.73. The monoisotopic (exact) mass is 264 g/mol. The number of aryl methyl sites for hydroxylation is 1. The topological polar surface area (TPSA) is 29.3 Å². The second kappa shape index (κ2) is 5.64. The second-order valence-corrected chi connectivity index (χ2v) is 6.96. The second-order valence-electron chi connectivity index (χ2n) is 5.54. The zero-order valence-electron chi connectivity index (χ0n) is 11.6. The summed E-state index contributed by atoms with van der Waals surface area (Å²) < 4.78 is 0. The Morgan fingerprint density at radius 3 is 2.72 bits per heavy atom. The van der Waals surface area contributed by atoms with Gasteiger partial charge >= 0.3 is 0 Å². The fourth-order valence-electron chi connectivity index (χ4n) is 2.73.